The molecule has 1 aliphatic rings. The molecule has 0 bridgehead atoms. The number of benzene rings is 1. The number of halogens is 2. The third kappa shape index (κ3) is 1.24. The zero-order valence-electron chi connectivity index (χ0n) is 5.68. The molecule has 0 unspecified atom stereocenters. The molecule has 0 radical (unpaired) electrons. The van der Waals surface area contributed by atoms with Gasteiger partial charge in [-0.15, -0.1) is 0 Å². The highest BCUT2D eigenvalue weighted by Crippen LogP contribution is 2.33. The van der Waals surface area contributed by atoms with Crippen LogP contribution in [-0.4, -0.2) is 6.61 Å². The molecule has 1 aliphatic heterocycles. The summed E-state index contributed by atoms with van der Waals surface area (Å²) in [5.74, 6) is -0.350. The molecule has 1 aromatic rings. The van der Waals surface area contributed by atoms with E-state index in [4.69, 9.17) is 16.3 Å². The van der Waals surface area contributed by atoms with Gasteiger partial charge in [0.1, 0.15) is 11.9 Å². The Morgan fingerprint density at radius 3 is 2.91 bits per heavy atom. The largest absolute Gasteiger partial charge is 0.368 e. The average Bonchev–Trinajstić information content (AvgIpc) is 2.77. The van der Waals surface area contributed by atoms with Crippen LogP contribution in [0.25, 0.3) is 0 Å². The lowest BCUT2D eigenvalue weighted by molar-refractivity contribution is 0.408. The number of ether oxygens (including phenoxy) is 1. The summed E-state index contributed by atoms with van der Waals surface area (Å²) in [7, 11) is 0. The van der Waals surface area contributed by atoms with Gasteiger partial charge in [0, 0.05) is 5.56 Å². The fourth-order valence-corrected chi connectivity index (χ4v) is 1.18. The fourth-order valence-electron chi connectivity index (χ4n) is 0.997. The lowest BCUT2D eigenvalue weighted by Gasteiger charge is -1.98. The first-order valence-corrected chi connectivity index (χ1v) is 3.72. The summed E-state index contributed by atoms with van der Waals surface area (Å²) in [5, 5.41) is 0.165. The minimum Gasteiger partial charge on any atom is -0.368 e. The highest BCUT2D eigenvalue weighted by molar-refractivity contribution is 6.30. The second-order valence-electron chi connectivity index (χ2n) is 2.47. The summed E-state index contributed by atoms with van der Waals surface area (Å²) in [4.78, 5) is 0. The monoisotopic (exact) mass is 172 g/mol. The van der Waals surface area contributed by atoms with Crippen molar-refractivity contribution in [2.45, 2.75) is 6.10 Å². The van der Waals surface area contributed by atoms with Crippen LogP contribution in [-0.2, 0) is 4.74 Å². The molecule has 1 aromatic carbocycles. The Kier molecular flexibility index (Phi) is 1.59. The van der Waals surface area contributed by atoms with E-state index in [1.54, 1.807) is 12.1 Å². The Labute approximate surface area is 68.7 Å². The zero-order valence-corrected chi connectivity index (χ0v) is 6.44. The quantitative estimate of drug-likeness (QED) is 0.593. The van der Waals surface area contributed by atoms with Crippen molar-refractivity contribution in [2.24, 2.45) is 0 Å². The minimum atomic E-state index is -0.350. The number of epoxide rings is 1. The highest BCUT2D eigenvalue weighted by atomic mass is 35.5. The number of hydrogen-bond acceptors (Lipinski definition) is 1. The Balaban J connectivity index is 2.45. The topological polar surface area (TPSA) is 12.5 Å². The summed E-state index contributed by atoms with van der Waals surface area (Å²) in [5.41, 5.74) is 0.567. The second kappa shape index (κ2) is 2.47. The van der Waals surface area contributed by atoms with Gasteiger partial charge in [-0.2, -0.15) is 0 Å². The van der Waals surface area contributed by atoms with E-state index in [2.05, 4.69) is 0 Å². The average molecular weight is 173 g/mol. The first kappa shape index (κ1) is 7.07. The van der Waals surface area contributed by atoms with E-state index >= 15 is 0 Å². The highest BCUT2D eigenvalue weighted by Gasteiger charge is 2.28. The van der Waals surface area contributed by atoms with Crippen molar-refractivity contribution in [1.82, 2.24) is 0 Å². The standard InChI is InChI=1S/C8H6ClFO/c9-6-3-1-2-5(8(6)10)7-4-11-7/h1-3,7H,4H2/t7-/m0/s1. The molecule has 1 heterocycles. The van der Waals surface area contributed by atoms with Crippen molar-refractivity contribution >= 4 is 11.6 Å². The molecule has 0 saturated carbocycles. The van der Waals surface area contributed by atoms with Crippen LogP contribution in [0.1, 0.15) is 11.7 Å². The van der Waals surface area contributed by atoms with Gasteiger partial charge in [-0.05, 0) is 6.07 Å². The Morgan fingerprint density at radius 1 is 1.55 bits per heavy atom. The summed E-state index contributed by atoms with van der Waals surface area (Å²) in [6.45, 7) is 0.608. The Bertz CT molecular complexity index is 283. The van der Waals surface area contributed by atoms with Crippen LogP contribution in [0, 0.1) is 5.82 Å². The van der Waals surface area contributed by atoms with Gasteiger partial charge in [-0.3, -0.25) is 0 Å². The normalized spacial score (nSPS) is 21.8. The van der Waals surface area contributed by atoms with E-state index in [0.717, 1.165) is 0 Å². The lowest BCUT2D eigenvalue weighted by atomic mass is 10.1. The molecule has 0 aromatic heterocycles. The molecule has 0 aliphatic carbocycles. The van der Waals surface area contributed by atoms with E-state index in [1.165, 1.54) is 6.07 Å². The van der Waals surface area contributed by atoms with Gasteiger partial charge in [0.25, 0.3) is 0 Å². The van der Waals surface area contributed by atoms with Crippen LogP contribution in [0.15, 0.2) is 18.2 Å². The maximum atomic E-state index is 13.1. The molecule has 3 heteroatoms. The lowest BCUT2D eigenvalue weighted by Crippen LogP contribution is -1.87. The molecule has 0 N–H and O–H groups in total. The Morgan fingerprint density at radius 2 is 2.27 bits per heavy atom. The van der Waals surface area contributed by atoms with Crippen LogP contribution in [0.2, 0.25) is 5.02 Å². The van der Waals surface area contributed by atoms with Crippen molar-refractivity contribution in [1.29, 1.82) is 0 Å². The van der Waals surface area contributed by atoms with E-state index in [1.807, 2.05) is 0 Å². The van der Waals surface area contributed by atoms with Crippen molar-refractivity contribution in [3.8, 4) is 0 Å². The molecule has 1 saturated heterocycles. The van der Waals surface area contributed by atoms with E-state index in [0.29, 0.717) is 12.2 Å². The third-order valence-electron chi connectivity index (χ3n) is 1.66. The maximum Gasteiger partial charge on any atom is 0.147 e. The number of hydrogen-bond donors (Lipinski definition) is 0. The van der Waals surface area contributed by atoms with E-state index in [-0.39, 0.29) is 16.9 Å². The van der Waals surface area contributed by atoms with Crippen molar-refractivity contribution in [3.63, 3.8) is 0 Å². The molecule has 1 atom stereocenters. The summed E-state index contributed by atoms with van der Waals surface area (Å²) in [6.07, 6.45) is -0.0614. The van der Waals surface area contributed by atoms with Crippen molar-refractivity contribution < 1.29 is 9.13 Å². The van der Waals surface area contributed by atoms with Gasteiger partial charge < -0.3 is 4.74 Å². The van der Waals surface area contributed by atoms with Crippen molar-refractivity contribution in [2.75, 3.05) is 6.61 Å². The molecule has 0 amide bonds. The zero-order chi connectivity index (χ0) is 7.84. The maximum absolute atomic E-state index is 13.1. The van der Waals surface area contributed by atoms with Crippen LogP contribution in [0.4, 0.5) is 4.39 Å². The molecular weight excluding hydrogens is 167 g/mol. The predicted octanol–water partition coefficient (Wildman–Crippen LogP) is 2.55. The summed E-state index contributed by atoms with van der Waals surface area (Å²) in [6, 6.07) is 4.95. The van der Waals surface area contributed by atoms with Crippen LogP contribution >= 0.6 is 11.6 Å². The molecule has 11 heavy (non-hydrogen) atoms. The van der Waals surface area contributed by atoms with Gasteiger partial charge in [-0.25, -0.2) is 4.39 Å². The number of rotatable bonds is 1. The van der Waals surface area contributed by atoms with Crippen LogP contribution in [0.5, 0.6) is 0 Å². The fraction of sp³-hybridized carbons (Fsp3) is 0.250. The van der Waals surface area contributed by atoms with Gasteiger partial charge in [0.15, 0.2) is 0 Å². The van der Waals surface area contributed by atoms with Gasteiger partial charge in [0.2, 0.25) is 0 Å². The molecule has 0 spiro atoms. The van der Waals surface area contributed by atoms with Crippen LogP contribution < -0.4 is 0 Å². The molecule has 58 valence electrons. The summed E-state index contributed by atoms with van der Waals surface area (Å²) >= 11 is 5.56. The van der Waals surface area contributed by atoms with Crippen LogP contribution in [0.3, 0.4) is 0 Å². The predicted molar refractivity (Wildman–Crippen MR) is 40.1 cm³/mol. The smallest absolute Gasteiger partial charge is 0.147 e. The van der Waals surface area contributed by atoms with Gasteiger partial charge in [-0.1, -0.05) is 23.7 Å². The SMILES string of the molecule is Fc1c(Cl)cccc1[C@@H]1CO1. The molecule has 1 nitrogen and oxygen atoms in total. The second-order valence-corrected chi connectivity index (χ2v) is 2.87. The summed E-state index contributed by atoms with van der Waals surface area (Å²) < 4.78 is 18.0. The Hall–Kier alpha value is -0.600. The third-order valence-corrected chi connectivity index (χ3v) is 1.95. The minimum absolute atomic E-state index is 0.0614. The van der Waals surface area contributed by atoms with E-state index in [9.17, 15) is 4.39 Å². The first-order chi connectivity index (χ1) is 5.29. The van der Waals surface area contributed by atoms with Gasteiger partial charge >= 0.3 is 0 Å². The van der Waals surface area contributed by atoms with E-state index < -0.39 is 0 Å². The van der Waals surface area contributed by atoms with Crippen molar-refractivity contribution in [3.05, 3.63) is 34.6 Å². The molecule has 1 fully saturated rings. The first-order valence-electron chi connectivity index (χ1n) is 3.34. The van der Waals surface area contributed by atoms with Gasteiger partial charge in [0.05, 0.1) is 11.6 Å². The molecule has 2 rings (SSSR count). The molecular formula is C8H6ClFO.